The molecule has 2 amide bonds. The van der Waals surface area contributed by atoms with Gasteiger partial charge in [0, 0.05) is 21.7 Å². The van der Waals surface area contributed by atoms with Crippen molar-refractivity contribution in [2.24, 2.45) is 0 Å². The summed E-state index contributed by atoms with van der Waals surface area (Å²) in [5.74, 6) is -0.947. The van der Waals surface area contributed by atoms with E-state index in [4.69, 9.17) is 16.3 Å². The average Bonchev–Trinajstić information content (AvgIpc) is 3.06. The highest BCUT2D eigenvalue weighted by molar-refractivity contribution is 7.15. The number of hydrogen-bond acceptors (Lipinski definition) is 4. The number of rotatable bonds is 5. The van der Waals surface area contributed by atoms with E-state index >= 15 is 0 Å². The Bertz CT molecular complexity index is 1000. The summed E-state index contributed by atoms with van der Waals surface area (Å²) in [6.07, 6.45) is 0. The summed E-state index contributed by atoms with van der Waals surface area (Å²) in [6, 6.07) is 11.9. The second-order valence-corrected chi connectivity index (χ2v) is 6.99. The van der Waals surface area contributed by atoms with Crippen LogP contribution < -0.4 is 10.6 Å². The Morgan fingerprint density at radius 2 is 1.89 bits per heavy atom. The normalized spacial score (nSPS) is 10.4. The first-order chi connectivity index (χ1) is 13.5. The number of nitrogens with one attached hydrogen (secondary N) is 2. The van der Waals surface area contributed by atoms with E-state index in [1.165, 1.54) is 23.5 Å². The van der Waals surface area contributed by atoms with Crippen LogP contribution in [0.4, 0.5) is 19.9 Å². The van der Waals surface area contributed by atoms with Gasteiger partial charge in [0.25, 0.3) is 0 Å². The largest absolute Gasteiger partial charge is 0.462 e. The third-order valence-electron chi connectivity index (χ3n) is 3.74. The van der Waals surface area contributed by atoms with E-state index in [-0.39, 0.29) is 18.0 Å². The zero-order chi connectivity index (χ0) is 20.1. The van der Waals surface area contributed by atoms with Crippen molar-refractivity contribution >= 4 is 45.6 Å². The Morgan fingerprint density at radius 1 is 1.14 bits per heavy atom. The molecule has 0 aliphatic rings. The van der Waals surface area contributed by atoms with Crippen LogP contribution in [0.3, 0.4) is 0 Å². The van der Waals surface area contributed by atoms with E-state index in [0.29, 0.717) is 26.8 Å². The minimum absolute atomic E-state index is 0.186. The monoisotopic (exact) mass is 418 g/mol. The van der Waals surface area contributed by atoms with E-state index in [2.05, 4.69) is 10.6 Å². The van der Waals surface area contributed by atoms with E-state index in [1.54, 1.807) is 48.7 Å². The highest BCUT2D eigenvalue weighted by Crippen LogP contribution is 2.36. The van der Waals surface area contributed by atoms with Gasteiger partial charge in [0.2, 0.25) is 0 Å². The Kier molecular flexibility index (Phi) is 6.28. The average molecular weight is 419 g/mol. The molecular formula is C20H16ClFN2O3S. The fraction of sp³-hybridized carbons (Fsp3) is 0.100. The highest BCUT2D eigenvalue weighted by atomic mass is 35.5. The van der Waals surface area contributed by atoms with E-state index in [9.17, 15) is 14.0 Å². The highest BCUT2D eigenvalue weighted by Gasteiger charge is 2.23. The molecule has 0 aliphatic heterocycles. The quantitative estimate of drug-likeness (QED) is 0.497. The van der Waals surface area contributed by atoms with Crippen molar-refractivity contribution in [2.45, 2.75) is 6.92 Å². The van der Waals surface area contributed by atoms with Gasteiger partial charge in [-0.15, -0.1) is 11.3 Å². The summed E-state index contributed by atoms with van der Waals surface area (Å²) in [4.78, 5) is 24.8. The van der Waals surface area contributed by atoms with Crippen molar-refractivity contribution in [2.75, 3.05) is 17.2 Å². The van der Waals surface area contributed by atoms with Crippen LogP contribution in [0.2, 0.25) is 5.02 Å². The van der Waals surface area contributed by atoms with Crippen LogP contribution >= 0.6 is 22.9 Å². The lowest BCUT2D eigenvalue weighted by molar-refractivity contribution is 0.0529. The number of carbonyl (C=O) groups is 2. The topological polar surface area (TPSA) is 67.4 Å². The number of urea groups is 1. The fourth-order valence-electron chi connectivity index (χ4n) is 2.53. The summed E-state index contributed by atoms with van der Waals surface area (Å²) in [7, 11) is 0. The molecule has 28 heavy (non-hydrogen) atoms. The van der Waals surface area contributed by atoms with Gasteiger partial charge in [-0.2, -0.15) is 0 Å². The Morgan fingerprint density at radius 3 is 2.57 bits per heavy atom. The van der Waals surface area contributed by atoms with Gasteiger partial charge in [-0.05, 0) is 42.8 Å². The Hall–Kier alpha value is -2.90. The standard InChI is InChI=1S/C20H16ClFN2O3S/c1-2-27-19(25)17-16(12-6-8-14(22)9-7-12)11-28-18(17)24-20(26)23-15-5-3-4-13(21)10-15/h3-11H,2H2,1H3,(H2,23,24,26). The van der Waals surface area contributed by atoms with Gasteiger partial charge in [0.15, 0.2) is 0 Å². The van der Waals surface area contributed by atoms with Crippen molar-refractivity contribution in [3.05, 3.63) is 70.3 Å². The molecule has 0 saturated heterocycles. The second kappa shape index (κ2) is 8.86. The van der Waals surface area contributed by atoms with Crippen LogP contribution in [-0.4, -0.2) is 18.6 Å². The number of anilines is 2. The van der Waals surface area contributed by atoms with Gasteiger partial charge >= 0.3 is 12.0 Å². The lowest BCUT2D eigenvalue weighted by atomic mass is 10.0. The van der Waals surface area contributed by atoms with Gasteiger partial charge in [-0.25, -0.2) is 14.0 Å². The molecule has 0 atom stereocenters. The molecule has 2 N–H and O–H groups in total. The van der Waals surface area contributed by atoms with Crippen LogP contribution in [0.15, 0.2) is 53.9 Å². The lowest BCUT2D eigenvalue weighted by Crippen LogP contribution is -2.20. The first-order valence-electron chi connectivity index (χ1n) is 8.36. The maximum Gasteiger partial charge on any atom is 0.341 e. The molecule has 8 heteroatoms. The molecule has 0 radical (unpaired) electrons. The molecule has 2 aromatic carbocycles. The SMILES string of the molecule is CCOC(=O)c1c(-c2ccc(F)cc2)csc1NC(=O)Nc1cccc(Cl)c1. The van der Waals surface area contributed by atoms with Crippen molar-refractivity contribution in [1.29, 1.82) is 0 Å². The number of thiophene rings is 1. The van der Waals surface area contributed by atoms with Gasteiger partial charge in [0.05, 0.1) is 6.61 Å². The molecule has 144 valence electrons. The summed E-state index contributed by atoms with van der Waals surface area (Å²) < 4.78 is 18.4. The minimum atomic E-state index is -0.568. The molecule has 0 saturated carbocycles. The minimum Gasteiger partial charge on any atom is -0.462 e. The maximum atomic E-state index is 13.2. The van der Waals surface area contributed by atoms with Gasteiger partial charge in [0.1, 0.15) is 16.4 Å². The molecule has 0 aliphatic carbocycles. The molecule has 0 spiro atoms. The van der Waals surface area contributed by atoms with Gasteiger partial charge in [-0.3, -0.25) is 5.32 Å². The molecule has 0 fully saturated rings. The van der Waals surface area contributed by atoms with Gasteiger partial charge in [-0.1, -0.05) is 29.8 Å². The smallest absolute Gasteiger partial charge is 0.341 e. The summed E-state index contributed by atoms with van der Waals surface area (Å²) >= 11 is 7.09. The van der Waals surface area contributed by atoms with E-state index < -0.39 is 12.0 Å². The van der Waals surface area contributed by atoms with Crippen LogP contribution in [0.1, 0.15) is 17.3 Å². The number of benzene rings is 2. The number of esters is 1. The third kappa shape index (κ3) is 4.68. The number of amides is 2. The van der Waals surface area contributed by atoms with Crippen LogP contribution in [0.5, 0.6) is 0 Å². The van der Waals surface area contributed by atoms with Crippen molar-refractivity contribution in [3.63, 3.8) is 0 Å². The number of carbonyl (C=O) groups excluding carboxylic acids is 2. The lowest BCUT2D eigenvalue weighted by Gasteiger charge is -2.10. The van der Waals surface area contributed by atoms with Crippen LogP contribution in [0, 0.1) is 5.82 Å². The summed E-state index contributed by atoms with van der Waals surface area (Å²) in [5.41, 5.74) is 1.93. The van der Waals surface area contributed by atoms with Crippen LogP contribution in [-0.2, 0) is 4.74 Å². The number of halogens is 2. The third-order valence-corrected chi connectivity index (χ3v) is 4.87. The predicted octanol–water partition coefficient (Wildman–Crippen LogP) is 6.03. The first kappa shape index (κ1) is 19.9. The Balaban J connectivity index is 1.88. The van der Waals surface area contributed by atoms with Crippen LogP contribution in [0.25, 0.3) is 11.1 Å². The zero-order valence-electron chi connectivity index (χ0n) is 14.8. The molecule has 3 aromatic rings. The zero-order valence-corrected chi connectivity index (χ0v) is 16.4. The van der Waals surface area contributed by atoms with Crippen molar-refractivity contribution in [1.82, 2.24) is 0 Å². The molecule has 1 heterocycles. The predicted molar refractivity (Wildman–Crippen MR) is 110 cm³/mol. The summed E-state index contributed by atoms with van der Waals surface area (Å²) in [5, 5.41) is 7.86. The number of hydrogen-bond donors (Lipinski definition) is 2. The first-order valence-corrected chi connectivity index (χ1v) is 9.61. The maximum absolute atomic E-state index is 13.2. The van der Waals surface area contributed by atoms with Crippen molar-refractivity contribution < 1.29 is 18.7 Å². The van der Waals surface area contributed by atoms with Crippen molar-refractivity contribution in [3.8, 4) is 11.1 Å². The van der Waals surface area contributed by atoms with Gasteiger partial charge < -0.3 is 10.1 Å². The molecule has 0 bridgehead atoms. The van der Waals surface area contributed by atoms with E-state index in [1.807, 2.05) is 0 Å². The molecule has 1 aromatic heterocycles. The Labute approximate surface area is 170 Å². The summed E-state index contributed by atoms with van der Waals surface area (Å²) in [6.45, 7) is 1.88. The molecule has 0 unspecified atom stereocenters. The molecule has 5 nitrogen and oxygen atoms in total. The molecule has 3 rings (SSSR count). The van der Waals surface area contributed by atoms with E-state index in [0.717, 1.165) is 0 Å². The number of ether oxygens (including phenoxy) is 1. The second-order valence-electron chi connectivity index (χ2n) is 5.67. The fourth-order valence-corrected chi connectivity index (χ4v) is 3.67. The molecular weight excluding hydrogens is 403 g/mol.